The molecule has 1 saturated heterocycles. The van der Waals surface area contributed by atoms with Gasteiger partial charge in [-0.25, -0.2) is 4.79 Å². The van der Waals surface area contributed by atoms with Crippen LogP contribution < -0.4 is 0 Å². The molecule has 0 bridgehead atoms. The van der Waals surface area contributed by atoms with Gasteiger partial charge in [0.15, 0.2) is 0 Å². The molecule has 1 unspecified atom stereocenters. The Kier molecular flexibility index (Phi) is 19.0. The normalized spacial score (nSPS) is 18.0. The van der Waals surface area contributed by atoms with Crippen molar-refractivity contribution in [3.05, 3.63) is 0 Å². The van der Waals surface area contributed by atoms with Gasteiger partial charge in [0.25, 0.3) is 0 Å². The maximum Gasteiger partial charge on any atom is 0.329 e. The van der Waals surface area contributed by atoms with Crippen LogP contribution in [0.25, 0.3) is 0 Å². The Labute approximate surface area is 286 Å². The summed E-state index contributed by atoms with van der Waals surface area (Å²) in [4.78, 5) is 57.1. The number of ether oxygens (including phenoxy) is 5. The SMILES string of the molecule is CC(C)(C)OC(=O)CN1CCN(CC(=O)OC(C)(C)C)CCN(CC(O)COCCOCC(=O)O)CCN(CC(=O)OC(C)(C)C)CC1. The van der Waals surface area contributed by atoms with Gasteiger partial charge in [-0.1, -0.05) is 0 Å². The van der Waals surface area contributed by atoms with Crippen LogP contribution in [-0.4, -0.2) is 182 Å². The summed E-state index contributed by atoms with van der Waals surface area (Å²) >= 11 is 0. The number of hydrogen-bond acceptors (Lipinski definition) is 14. The molecule has 0 amide bonds. The predicted molar refractivity (Wildman–Crippen MR) is 179 cm³/mol. The van der Waals surface area contributed by atoms with E-state index in [0.29, 0.717) is 52.4 Å². The highest BCUT2D eigenvalue weighted by molar-refractivity contribution is 5.73. The summed E-state index contributed by atoms with van der Waals surface area (Å²) in [6, 6.07) is 0. The monoisotopic (exact) mass is 690 g/mol. The molecule has 0 spiro atoms. The second kappa shape index (κ2) is 21.0. The number of carboxylic acids is 1. The molecule has 15 nitrogen and oxygen atoms in total. The minimum absolute atomic E-state index is 0.0236. The molecule has 1 aliphatic heterocycles. The lowest BCUT2D eigenvalue weighted by atomic mass is 10.2. The summed E-state index contributed by atoms with van der Waals surface area (Å²) in [5.41, 5.74) is -1.92. The first-order valence-corrected chi connectivity index (χ1v) is 16.7. The number of aliphatic carboxylic acids is 1. The van der Waals surface area contributed by atoms with Gasteiger partial charge in [0.05, 0.1) is 45.6 Å². The smallest absolute Gasteiger partial charge is 0.329 e. The Balaban J connectivity index is 3.12. The van der Waals surface area contributed by atoms with Crippen LogP contribution in [0, 0.1) is 0 Å². The maximum absolute atomic E-state index is 12.8. The summed E-state index contributed by atoms with van der Waals surface area (Å²) in [5, 5.41) is 19.5. The molecule has 2 N–H and O–H groups in total. The van der Waals surface area contributed by atoms with Gasteiger partial charge in [-0.3, -0.25) is 34.0 Å². The molecule has 1 rings (SSSR count). The molecule has 1 heterocycles. The fourth-order valence-electron chi connectivity index (χ4n) is 4.75. The van der Waals surface area contributed by atoms with Gasteiger partial charge < -0.3 is 33.9 Å². The predicted octanol–water partition coefficient (Wildman–Crippen LogP) is 0.712. The minimum atomic E-state index is -1.07. The molecule has 280 valence electrons. The van der Waals surface area contributed by atoms with Crippen LogP contribution >= 0.6 is 0 Å². The quantitative estimate of drug-likeness (QED) is 0.140. The number of nitrogens with zero attached hydrogens (tertiary/aromatic N) is 4. The van der Waals surface area contributed by atoms with Crippen LogP contribution in [-0.2, 0) is 42.9 Å². The van der Waals surface area contributed by atoms with E-state index in [2.05, 4.69) is 4.90 Å². The van der Waals surface area contributed by atoms with E-state index in [4.69, 9.17) is 28.8 Å². The zero-order chi connectivity index (χ0) is 36.5. The molecule has 15 heteroatoms. The van der Waals surface area contributed by atoms with Crippen LogP contribution in [0.2, 0.25) is 0 Å². The Morgan fingerprint density at radius 2 is 0.875 bits per heavy atom. The van der Waals surface area contributed by atoms with Gasteiger partial charge in [0, 0.05) is 58.9 Å². The van der Waals surface area contributed by atoms with Crippen molar-refractivity contribution in [2.45, 2.75) is 85.2 Å². The molecule has 0 radical (unpaired) electrons. The van der Waals surface area contributed by atoms with Gasteiger partial charge >= 0.3 is 23.9 Å². The molecule has 1 aliphatic rings. The second-order valence-corrected chi connectivity index (χ2v) is 15.1. The number of esters is 3. The number of rotatable bonds is 15. The third-order valence-electron chi connectivity index (χ3n) is 6.62. The Morgan fingerprint density at radius 3 is 1.19 bits per heavy atom. The largest absolute Gasteiger partial charge is 0.480 e. The van der Waals surface area contributed by atoms with Crippen molar-refractivity contribution < 1.29 is 53.1 Å². The van der Waals surface area contributed by atoms with E-state index in [0.717, 1.165) is 0 Å². The molecule has 0 aromatic heterocycles. The summed E-state index contributed by atoms with van der Waals surface area (Å²) in [6.07, 6.45) is -0.847. The highest BCUT2D eigenvalue weighted by Crippen LogP contribution is 2.11. The van der Waals surface area contributed by atoms with Gasteiger partial charge in [-0.05, 0) is 62.3 Å². The van der Waals surface area contributed by atoms with E-state index >= 15 is 0 Å². The molecule has 1 fully saturated rings. The molecule has 1 atom stereocenters. The molecule has 0 aromatic rings. The summed E-state index contributed by atoms with van der Waals surface area (Å²) in [6.45, 7) is 20.4. The zero-order valence-electron chi connectivity index (χ0n) is 30.7. The molecule has 0 saturated carbocycles. The fourth-order valence-corrected chi connectivity index (χ4v) is 4.75. The highest BCUT2D eigenvalue weighted by atomic mass is 16.6. The topological polar surface area (TPSA) is 168 Å². The van der Waals surface area contributed by atoms with Gasteiger partial charge in [-0.15, -0.1) is 0 Å². The number of carboxylic acid groups (broad SMARTS) is 1. The van der Waals surface area contributed by atoms with E-state index in [-0.39, 0.29) is 63.9 Å². The third kappa shape index (κ3) is 23.8. The lowest BCUT2D eigenvalue weighted by Crippen LogP contribution is -2.50. The van der Waals surface area contributed by atoms with Crippen molar-refractivity contribution in [3.8, 4) is 0 Å². The average Bonchev–Trinajstić information content (AvgIpc) is 2.88. The van der Waals surface area contributed by atoms with E-state index in [9.17, 15) is 24.3 Å². The molecule has 0 aliphatic carbocycles. The lowest BCUT2D eigenvalue weighted by Gasteiger charge is -2.35. The maximum atomic E-state index is 12.8. The van der Waals surface area contributed by atoms with Gasteiger partial charge in [0.2, 0.25) is 0 Å². The van der Waals surface area contributed by atoms with E-state index in [1.807, 2.05) is 77.0 Å². The van der Waals surface area contributed by atoms with Crippen LogP contribution in [0.4, 0.5) is 0 Å². The van der Waals surface area contributed by atoms with E-state index in [1.165, 1.54) is 0 Å². The first kappa shape index (κ1) is 43.6. The molecule has 48 heavy (non-hydrogen) atoms. The van der Waals surface area contributed by atoms with Crippen molar-refractivity contribution in [3.63, 3.8) is 0 Å². The fraction of sp³-hybridized carbons (Fsp3) is 0.879. The Morgan fingerprint density at radius 1 is 0.562 bits per heavy atom. The lowest BCUT2D eigenvalue weighted by molar-refractivity contribution is -0.158. The van der Waals surface area contributed by atoms with Crippen molar-refractivity contribution in [1.82, 2.24) is 19.6 Å². The highest BCUT2D eigenvalue weighted by Gasteiger charge is 2.26. The second-order valence-electron chi connectivity index (χ2n) is 15.1. The molecule has 0 aromatic carbocycles. The van der Waals surface area contributed by atoms with Gasteiger partial charge in [0.1, 0.15) is 23.4 Å². The van der Waals surface area contributed by atoms with Crippen LogP contribution in [0.3, 0.4) is 0 Å². The third-order valence-corrected chi connectivity index (χ3v) is 6.62. The van der Waals surface area contributed by atoms with Crippen molar-refractivity contribution >= 4 is 23.9 Å². The minimum Gasteiger partial charge on any atom is -0.480 e. The average molecular weight is 691 g/mol. The summed E-state index contributed by atoms with van der Waals surface area (Å²) in [7, 11) is 0. The number of aliphatic hydroxyl groups excluding tert-OH is 1. The van der Waals surface area contributed by atoms with Crippen LogP contribution in [0.15, 0.2) is 0 Å². The van der Waals surface area contributed by atoms with Crippen molar-refractivity contribution in [2.75, 3.05) is 105 Å². The standard InChI is InChI=1S/C33H62N4O11/c1-31(2,3)46-28(41)21-35-12-10-34(20-26(38)24-44-18-19-45-25-27(39)40)11-13-36(22-29(42)47-32(4,5)6)15-17-37(16-14-35)23-30(43)48-33(7,8)9/h26,38H,10-25H2,1-9H3,(H,39,40). The number of carbonyl (C=O) groups excluding carboxylic acids is 3. The van der Waals surface area contributed by atoms with Crippen molar-refractivity contribution in [2.24, 2.45) is 0 Å². The summed E-state index contributed by atoms with van der Waals surface area (Å²) in [5.74, 6) is -2.14. The molecular weight excluding hydrogens is 628 g/mol. The number of β-amino-alcohol motifs (C(OH)–C–C–N with tert-alkyl or cyclic N) is 1. The van der Waals surface area contributed by atoms with E-state index in [1.54, 1.807) is 0 Å². The summed E-state index contributed by atoms with van der Waals surface area (Å²) < 4.78 is 27.2. The Bertz CT molecular complexity index is 946. The van der Waals surface area contributed by atoms with Crippen molar-refractivity contribution in [1.29, 1.82) is 0 Å². The van der Waals surface area contributed by atoms with E-state index < -0.39 is 35.5 Å². The number of hydrogen-bond donors (Lipinski definition) is 2. The van der Waals surface area contributed by atoms with Gasteiger partial charge in [-0.2, -0.15) is 0 Å². The number of aliphatic hydroxyl groups is 1. The Hall–Kier alpha value is -2.40. The van der Waals surface area contributed by atoms with Crippen LogP contribution in [0.1, 0.15) is 62.3 Å². The number of carbonyl (C=O) groups is 4. The zero-order valence-corrected chi connectivity index (χ0v) is 30.7. The molecular formula is C33H62N4O11. The first-order valence-electron chi connectivity index (χ1n) is 16.7. The first-order chi connectivity index (χ1) is 22.1. The van der Waals surface area contributed by atoms with Crippen LogP contribution in [0.5, 0.6) is 0 Å².